The molecular formula is C11H22N2O. The van der Waals surface area contributed by atoms with Crippen molar-refractivity contribution in [3.63, 3.8) is 0 Å². The van der Waals surface area contributed by atoms with E-state index in [1.165, 1.54) is 25.7 Å². The highest BCUT2D eigenvalue weighted by Crippen LogP contribution is 2.09. The molecule has 0 aromatic carbocycles. The Hall–Kier alpha value is -0.570. The Morgan fingerprint density at radius 1 is 1.43 bits per heavy atom. The summed E-state index contributed by atoms with van der Waals surface area (Å²) in [4.78, 5) is 13.5. The third kappa shape index (κ3) is 3.29. The fourth-order valence-corrected chi connectivity index (χ4v) is 1.87. The number of likely N-dealkylation sites (N-methyl/N-ethyl adjacent to an activating group) is 1. The molecule has 1 rings (SSSR count). The first kappa shape index (κ1) is 11.5. The van der Waals surface area contributed by atoms with Gasteiger partial charge in [-0.2, -0.15) is 0 Å². The zero-order chi connectivity index (χ0) is 10.4. The predicted octanol–water partition coefficient (Wildman–Crippen LogP) is 1.39. The molecule has 0 saturated carbocycles. The third-order valence-electron chi connectivity index (χ3n) is 2.86. The molecule has 1 heterocycles. The van der Waals surface area contributed by atoms with Crippen molar-refractivity contribution in [2.45, 2.75) is 45.1 Å². The molecule has 0 aliphatic carbocycles. The van der Waals surface area contributed by atoms with Crippen LogP contribution in [0.15, 0.2) is 0 Å². The second-order valence-corrected chi connectivity index (χ2v) is 4.12. The minimum Gasteiger partial charge on any atom is -0.343 e. The third-order valence-corrected chi connectivity index (χ3v) is 2.86. The summed E-state index contributed by atoms with van der Waals surface area (Å²) in [7, 11) is 1.89. The van der Waals surface area contributed by atoms with E-state index < -0.39 is 0 Å². The molecule has 1 saturated heterocycles. The number of rotatable bonds is 5. The number of piperazine rings is 1. The van der Waals surface area contributed by atoms with Gasteiger partial charge in [0.25, 0.3) is 0 Å². The van der Waals surface area contributed by atoms with Gasteiger partial charge in [0.05, 0.1) is 6.04 Å². The number of carbonyl (C=O) groups excluding carboxylic acids is 1. The second kappa shape index (κ2) is 6.02. The topological polar surface area (TPSA) is 32.3 Å². The molecule has 1 N–H and O–H groups in total. The number of amides is 1. The molecule has 1 amide bonds. The molecule has 1 aliphatic rings. The van der Waals surface area contributed by atoms with E-state index in [-0.39, 0.29) is 11.9 Å². The van der Waals surface area contributed by atoms with Crippen LogP contribution in [0.3, 0.4) is 0 Å². The molecule has 82 valence electrons. The van der Waals surface area contributed by atoms with E-state index in [0.29, 0.717) is 0 Å². The monoisotopic (exact) mass is 198 g/mol. The number of hydrogen-bond acceptors (Lipinski definition) is 2. The Kier molecular flexibility index (Phi) is 4.94. The van der Waals surface area contributed by atoms with Gasteiger partial charge in [-0.15, -0.1) is 0 Å². The first-order valence-electron chi connectivity index (χ1n) is 5.74. The van der Waals surface area contributed by atoms with Gasteiger partial charge < -0.3 is 10.2 Å². The van der Waals surface area contributed by atoms with E-state index in [4.69, 9.17) is 0 Å². The Labute approximate surface area is 86.9 Å². The van der Waals surface area contributed by atoms with Crippen LogP contribution in [0.2, 0.25) is 0 Å². The van der Waals surface area contributed by atoms with Crippen molar-refractivity contribution in [3.8, 4) is 0 Å². The smallest absolute Gasteiger partial charge is 0.239 e. The molecule has 0 radical (unpaired) electrons. The van der Waals surface area contributed by atoms with Crippen LogP contribution in [-0.4, -0.2) is 37.0 Å². The van der Waals surface area contributed by atoms with Gasteiger partial charge in [-0.3, -0.25) is 4.79 Å². The summed E-state index contributed by atoms with van der Waals surface area (Å²) < 4.78 is 0. The number of hydrogen-bond donors (Lipinski definition) is 1. The summed E-state index contributed by atoms with van der Waals surface area (Å²) >= 11 is 0. The normalized spacial score (nSPS) is 22.9. The summed E-state index contributed by atoms with van der Waals surface area (Å²) in [6.07, 6.45) is 5.97. The molecule has 3 heteroatoms. The molecule has 0 bridgehead atoms. The first-order valence-corrected chi connectivity index (χ1v) is 5.74. The predicted molar refractivity (Wildman–Crippen MR) is 58.2 cm³/mol. The summed E-state index contributed by atoms with van der Waals surface area (Å²) in [5, 5.41) is 3.28. The van der Waals surface area contributed by atoms with Crippen molar-refractivity contribution in [1.29, 1.82) is 0 Å². The number of nitrogens with zero attached hydrogens (tertiary/aromatic N) is 1. The van der Waals surface area contributed by atoms with E-state index in [9.17, 15) is 4.79 Å². The molecule has 14 heavy (non-hydrogen) atoms. The maximum atomic E-state index is 11.7. The average Bonchev–Trinajstić information content (AvgIpc) is 2.19. The lowest BCUT2D eigenvalue weighted by molar-refractivity contribution is -0.134. The van der Waals surface area contributed by atoms with Gasteiger partial charge in [-0.25, -0.2) is 0 Å². The summed E-state index contributed by atoms with van der Waals surface area (Å²) in [6, 6.07) is 0.0885. The van der Waals surface area contributed by atoms with Gasteiger partial charge in [0.2, 0.25) is 5.91 Å². The zero-order valence-electron chi connectivity index (χ0n) is 9.38. The minimum absolute atomic E-state index is 0.0885. The fraction of sp³-hybridized carbons (Fsp3) is 0.909. The highest BCUT2D eigenvalue weighted by atomic mass is 16.2. The molecule has 0 aromatic rings. The molecule has 1 fully saturated rings. The number of unbranched alkanes of at least 4 members (excludes halogenated alkanes) is 3. The van der Waals surface area contributed by atoms with Crippen molar-refractivity contribution in [1.82, 2.24) is 10.2 Å². The quantitative estimate of drug-likeness (QED) is 0.677. The van der Waals surface area contributed by atoms with Crippen LogP contribution in [0.5, 0.6) is 0 Å². The van der Waals surface area contributed by atoms with Crippen LogP contribution in [0.25, 0.3) is 0 Å². The van der Waals surface area contributed by atoms with E-state index >= 15 is 0 Å². The van der Waals surface area contributed by atoms with E-state index in [1.807, 2.05) is 11.9 Å². The maximum absolute atomic E-state index is 11.7. The molecule has 0 aromatic heterocycles. The molecule has 3 nitrogen and oxygen atoms in total. The van der Waals surface area contributed by atoms with Crippen molar-refractivity contribution >= 4 is 5.91 Å². The van der Waals surface area contributed by atoms with Crippen molar-refractivity contribution in [2.75, 3.05) is 20.1 Å². The lowest BCUT2D eigenvalue weighted by Gasteiger charge is -2.30. The molecule has 1 aliphatic heterocycles. The van der Waals surface area contributed by atoms with E-state index in [2.05, 4.69) is 12.2 Å². The van der Waals surface area contributed by atoms with Gasteiger partial charge in [0.15, 0.2) is 0 Å². The van der Waals surface area contributed by atoms with E-state index in [1.54, 1.807) is 0 Å². The molecule has 1 atom stereocenters. The second-order valence-electron chi connectivity index (χ2n) is 4.12. The van der Waals surface area contributed by atoms with Gasteiger partial charge in [0, 0.05) is 20.1 Å². The minimum atomic E-state index is 0.0885. The van der Waals surface area contributed by atoms with Crippen molar-refractivity contribution in [2.24, 2.45) is 0 Å². The number of nitrogens with one attached hydrogen (secondary N) is 1. The van der Waals surface area contributed by atoms with Crippen molar-refractivity contribution < 1.29 is 4.79 Å². The Balaban J connectivity index is 2.19. The van der Waals surface area contributed by atoms with Crippen LogP contribution in [-0.2, 0) is 4.79 Å². The Morgan fingerprint density at radius 2 is 2.21 bits per heavy atom. The lowest BCUT2D eigenvalue weighted by atomic mass is 10.0. The van der Waals surface area contributed by atoms with Crippen LogP contribution in [0, 0.1) is 0 Å². The molecular weight excluding hydrogens is 176 g/mol. The molecule has 0 spiro atoms. The zero-order valence-corrected chi connectivity index (χ0v) is 9.38. The Bertz CT molecular complexity index is 182. The fourth-order valence-electron chi connectivity index (χ4n) is 1.87. The average molecular weight is 198 g/mol. The highest BCUT2D eigenvalue weighted by molar-refractivity contribution is 5.82. The summed E-state index contributed by atoms with van der Waals surface area (Å²) in [5.74, 6) is 0.271. The summed E-state index contributed by atoms with van der Waals surface area (Å²) in [6.45, 7) is 4.00. The molecule has 1 unspecified atom stereocenters. The van der Waals surface area contributed by atoms with Crippen LogP contribution >= 0.6 is 0 Å². The van der Waals surface area contributed by atoms with Gasteiger partial charge >= 0.3 is 0 Å². The van der Waals surface area contributed by atoms with Crippen LogP contribution < -0.4 is 5.32 Å². The van der Waals surface area contributed by atoms with Gasteiger partial charge in [-0.05, 0) is 6.42 Å². The maximum Gasteiger partial charge on any atom is 0.239 e. The van der Waals surface area contributed by atoms with E-state index in [0.717, 1.165) is 19.5 Å². The standard InChI is InChI=1S/C11H22N2O/c1-3-4-5-6-7-10-11(14)13(2)9-8-12-10/h10,12H,3-9H2,1-2H3. The SMILES string of the molecule is CCCCCCC1NCCN(C)C1=O. The lowest BCUT2D eigenvalue weighted by Crippen LogP contribution is -2.53. The van der Waals surface area contributed by atoms with Crippen molar-refractivity contribution in [3.05, 3.63) is 0 Å². The van der Waals surface area contributed by atoms with Crippen LogP contribution in [0.1, 0.15) is 39.0 Å². The largest absolute Gasteiger partial charge is 0.343 e. The van der Waals surface area contributed by atoms with Gasteiger partial charge in [0.1, 0.15) is 0 Å². The highest BCUT2D eigenvalue weighted by Gasteiger charge is 2.24. The first-order chi connectivity index (χ1) is 6.75. The van der Waals surface area contributed by atoms with Crippen LogP contribution in [0.4, 0.5) is 0 Å². The number of carbonyl (C=O) groups is 1. The Morgan fingerprint density at radius 3 is 2.93 bits per heavy atom. The summed E-state index contributed by atoms with van der Waals surface area (Å²) in [5.41, 5.74) is 0. The van der Waals surface area contributed by atoms with Gasteiger partial charge in [-0.1, -0.05) is 32.6 Å².